The van der Waals surface area contributed by atoms with Crippen molar-refractivity contribution in [3.63, 3.8) is 0 Å². The van der Waals surface area contributed by atoms with E-state index < -0.39 is 5.82 Å². The molecule has 3 aromatic carbocycles. The fourth-order valence-electron chi connectivity index (χ4n) is 6.36. The number of nitrogens with zero attached hydrogens (tertiary/aromatic N) is 2. The van der Waals surface area contributed by atoms with Gasteiger partial charge in [0.05, 0.1) is 11.5 Å². The molecule has 0 amide bonds. The fraction of sp³-hybridized carbons (Fsp3) is 0.118. The van der Waals surface area contributed by atoms with Crippen LogP contribution in [0.25, 0.3) is 39.3 Å². The maximum Gasteiger partial charge on any atom is 0.249 e. The van der Waals surface area contributed by atoms with Crippen LogP contribution in [-0.2, 0) is 6.42 Å². The van der Waals surface area contributed by atoms with E-state index in [0.29, 0.717) is 29.7 Å². The van der Waals surface area contributed by atoms with Crippen LogP contribution in [0.15, 0.2) is 116 Å². The minimum absolute atomic E-state index is 0.0429. The van der Waals surface area contributed by atoms with E-state index in [1.165, 1.54) is 23.3 Å². The topological polar surface area (TPSA) is 7.76 Å². The van der Waals surface area contributed by atoms with Crippen molar-refractivity contribution in [3.8, 4) is 33.6 Å². The minimum atomic E-state index is -0.425. The lowest BCUT2D eigenvalue weighted by atomic mass is 9.78. The van der Waals surface area contributed by atoms with E-state index in [4.69, 9.17) is 0 Å². The predicted molar refractivity (Wildman–Crippen MR) is 145 cm³/mol. The zero-order valence-corrected chi connectivity index (χ0v) is 20.8. The van der Waals surface area contributed by atoms with Crippen LogP contribution in [-0.4, -0.2) is 0 Å². The van der Waals surface area contributed by atoms with Gasteiger partial charge in [-0.2, -0.15) is 9.13 Å². The van der Waals surface area contributed by atoms with Crippen LogP contribution in [0, 0.1) is 11.6 Å². The standard InChI is InChI=1S/C34H26F2N2/c1-22-34-27(25-11-5-6-12-26(25)31-13-7-8-19-38(31)34)14-15-28-29(35)16-17-30(36)33(28)32-21-24(18-20-37(22)32)23-9-3-2-4-10-23/h2-13,16-21,27,34H,1,14-15H2/q+2. The highest BCUT2D eigenvalue weighted by Gasteiger charge is 2.47. The summed E-state index contributed by atoms with van der Waals surface area (Å²) in [6.07, 6.45) is 5.13. The van der Waals surface area contributed by atoms with Crippen LogP contribution in [0.5, 0.6) is 0 Å². The maximum atomic E-state index is 15.7. The number of aromatic nitrogens is 2. The molecule has 2 aromatic heterocycles. The van der Waals surface area contributed by atoms with E-state index in [2.05, 4.69) is 53.7 Å². The van der Waals surface area contributed by atoms with Gasteiger partial charge in [0, 0.05) is 35.4 Å². The monoisotopic (exact) mass is 500 g/mol. The number of pyridine rings is 2. The van der Waals surface area contributed by atoms with Crippen LogP contribution >= 0.6 is 0 Å². The first-order chi connectivity index (χ1) is 18.6. The van der Waals surface area contributed by atoms with Gasteiger partial charge in [0.2, 0.25) is 23.1 Å². The zero-order valence-electron chi connectivity index (χ0n) is 20.8. The first-order valence-corrected chi connectivity index (χ1v) is 13.0. The van der Waals surface area contributed by atoms with Gasteiger partial charge in [-0.05, 0) is 60.4 Å². The Morgan fingerprint density at radius 3 is 2.34 bits per heavy atom. The molecule has 0 saturated carbocycles. The second kappa shape index (κ2) is 8.84. The molecule has 0 spiro atoms. The van der Waals surface area contributed by atoms with Crippen molar-refractivity contribution in [2.24, 2.45) is 0 Å². The van der Waals surface area contributed by atoms with Gasteiger partial charge in [-0.3, -0.25) is 0 Å². The Kier molecular flexibility index (Phi) is 5.29. The number of halogens is 2. The minimum Gasteiger partial charge on any atom is -0.207 e. The molecular weight excluding hydrogens is 474 g/mol. The van der Waals surface area contributed by atoms with E-state index in [0.717, 1.165) is 22.5 Å². The van der Waals surface area contributed by atoms with Crippen LogP contribution in [0.1, 0.15) is 29.5 Å². The first kappa shape index (κ1) is 22.7. The Morgan fingerprint density at radius 2 is 1.47 bits per heavy atom. The fourth-order valence-corrected chi connectivity index (χ4v) is 6.36. The third-order valence-electron chi connectivity index (χ3n) is 8.09. The lowest BCUT2D eigenvalue weighted by Gasteiger charge is -2.29. The molecular formula is C34H26F2N2+2. The zero-order chi connectivity index (χ0) is 25.8. The second-order valence-corrected chi connectivity index (χ2v) is 10.1. The molecule has 38 heavy (non-hydrogen) atoms. The number of hydrogen-bond donors (Lipinski definition) is 0. The first-order valence-electron chi connectivity index (χ1n) is 13.0. The molecule has 0 saturated heterocycles. The van der Waals surface area contributed by atoms with Gasteiger partial charge in [-0.1, -0.05) is 48.5 Å². The summed E-state index contributed by atoms with van der Waals surface area (Å²) in [5.74, 6) is -0.757. The predicted octanol–water partition coefficient (Wildman–Crippen LogP) is 7.30. The third-order valence-corrected chi connectivity index (χ3v) is 8.09. The lowest BCUT2D eigenvalue weighted by Crippen LogP contribution is -2.53. The molecule has 4 heterocycles. The molecule has 0 radical (unpaired) electrons. The number of hydrogen-bond acceptors (Lipinski definition) is 0. The van der Waals surface area contributed by atoms with Crippen molar-refractivity contribution >= 4 is 5.70 Å². The lowest BCUT2D eigenvalue weighted by molar-refractivity contribution is -0.727. The molecule has 7 rings (SSSR count). The summed E-state index contributed by atoms with van der Waals surface area (Å²) >= 11 is 0. The Morgan fingerprint density at radius 1 is 0.711 bits per heavy atom. The van der Waals surface area contributed by atoms with Crippen LogP contribution in [0.4, 0.5) is 8.78 Å². The van der Waals surface area contributed by atoms with Gasteiger partial charge >= 0.3 is 0 Å². The summed E-state index contributed by atoms with van der Waals surface area (Å²) < 4.78 is 35.4. The molecule has 2 aliphatic rings. The van der Waals surface area contributed by atoms with Gasteiger partial charge in [0.15, 0.2) is 12.4 Å². The number of allylic oxidation sites excluding steroid dienone is 1. The summed E-state index contributed by atoms with van der Waals surface area (Å²) in [6, 6.07) is 31.0. The van der Waals surface area contributed by atoms with E-state index in [9.17, 15) is 0 Å². The van der Waals surface area contributed by atoms with Crippen LogP contribution < -0.4 is 9.13 Å². The smallest absolute Gasteiger partial charge is 0.207 e. The molecule has 2 nitrogen and oxygen atoms in total. The second-order valence-electron chi connectivity index (χ2n) is 10.1. The van der Waals surface area contributed by atoms with Gasteiger partial charge in [0.1, 0.15) is 11.6 Å². The Hall–Kier alpha value is -4.44. The highest BCUT2D eigenvalue weighted by molar-refractivity contribution is 5.72. The SMILES string of the molecule is C=C1C2C(CCc3c(F)ccc(F)c3-c3cc(-c4ccccc4)cc[n+]31)c1ccccc1-c1cccc[n+]12. The average molecular weight is 501 g/mol. The van der Waals surface area contributed by atoms with E-state index in [1.807, 2.05) is 59.3 Å². The molecule has 2 atom stereocenters. The maximum absolute atomic E-state index is 15.7. The molecule has 0 N–H and O–H groups in total. The van der Waals surface area contributed by atoms with E-state index in [1.54, 1.807) is 0 Å². The quantitative estimate of drug-likeness (QED) is 0.214. The number of benzene rings is 3. The van der Waals surface area contributed by atoms with E-state index >= 15 is 8.78 Å². The number of rotatable bonds is 1. The summed E-state index contributed by atoms with van der Waals surface area (Å²) in [7, 11) is 0. The molecule has 0 aliphatic carbocycles. The van der Waals surface area contributed by atoms with Gasteiger partial charge in [-0.15, -0.1) is 0 Å². The summed E-state index contributed by atoms with van der Waals surface area (Å²) in [6.45, 7) is 4.61. The molecule has 184 valence electrons. The third kappa shape index (κ3) is 3.44. The molecule has 0 bridgehead atoms. The van der Waals surface area contributed by atoms with Crippen molar-refractivity contribution < 1.29 is 17.9 Å². The van der Waals surface area contributed by atoms with Crippen molar-refractivity contribution in [1.29, 1.82) is 0 Å². The molecule has 0 fully saturated rings. The van der Waals surface area contributed by atoms with Gasteiger partial charge in [-0.25, -0.2) is 8.78 Å². The van der Waals surface area contributed by atoms with Gasteiger partial charge in [0.25, 0.3) is 0 Å². The molecule has 5 aromatic rings. The summed E-state index contributed by atoms with van der Waals surface area (Å²) in [5, 5.41) is 0. The van der Waals surface area contributed by atoms with Crippen molar-refractivity contribution in [3.05, 3.63) is 139 Å². The summed E-state index contributed by atoms with van der Waals surface area (Å²) in [4.78, 5) is 0. The highest BCUT2D eigenvalue weighted by atomic mass is 19.1. The Labute approximate surface area is 220 Å². The normalized spacial score (nSPS) is 17.6. The van der Waals surface area contributed by atoms with Crippen molar-refractivity contribution in [2.45, 2.75) is 24.8 Å². The Bertz CT molecular complexity index is 1720. The van der Waals surface area contributed by atoms with Gasteiger partial charge < -0.3 is 0 Å². The Balaban J connectivity index is 1.52. The average Bonchev–Trinajstić information content (AvgIpc) is 3.02. The summed E-state index contributed by atoms with van der Waals surface area (Å²) in [5.41, 5.74) is 7.63. The van der Waals surface area contributed by atoms with E-state index in [-0.39, 0.29) is 17.8 Å². The highest BCUT2D eigenvalue weighted by Crippen LogP contribution is 2.45. The largest absolute Gasteiger partial charge is 0.249 e. The molecule has 4 heteroatoms. The molecule has 2 aliphatic heterocycles. The van der Waals surface area contributed by atoms with Crippen LogP contribution in [0.2, 0.25) is 0 Å². The number of fused-ring (bicyclic) bond motifs is 9. The van der Waals surface area contributed by atoms with Crippen LogP contribution in [0.3, 0.4) is 0 Å². The molecule has 2 unspecified atom stereocenters. The van der Waals surface area contributed by atoms with Crippen molar-refractivity contribution in [1.82, 2.24) is 0 Å². The van der Waals surface area contributed by atoms with Crippen molar-refractivity contribution in [2.75, 3.05) is 0 Å².